The highest BCUT2D eigenvalue weighted by Gasteiger charge is 2.21. The summed E-state index contributed by atoms with van der Waals surface area (Å²) in [7, 11) is 0. The third-order valence-electron chi connectivity index (χ3n) is 2.96. The van der Waals surface area contributed by atoms with Crippen molar-refractivity contribution in [2.75, 3.05) is 11.9 Å². The van der Waals surface area contributed by atoms with Crippen molar-refractivity contribution >= 4 is 35.0 Å². The summed E-state index contributed by atoms with van der Waals surface area (Å²) in [5.74, 6) is 0.0188. The molecule has 1 aliphatic rings. The van der Waals surface area contributed by atoms with Gasteiger partial charge in [0.15, 0.2) is 0 Å². The average molecular weight is 268 g/mol. The number of hydrogen-bond acceptors (Lipinski definition) is 4. The molecule has 6 nitrogen and oxygen atoms in total. The standard InChI is InChI=1S/C11H13N5O.ClH/c17-11(9-2-1-5-12-9)13-7-3-4-8-10(6-7)15-16-14-8;/h3-4,6,9,12H,1-2,5H2,(H,13,17)(H,14,15,16);1H. The van der Waals surface area contributed by atoms with Crippen molar-refractivity contribution in [3.63, 3.8) is 0 Å². The number of anilines is 1. The number of carbonyl (C=O) groups excluding carboxylic acids is 1. The van der Waals surface area contributed by atoms with Crippen LogP contribution < -0.4 is 10.6 Å². The smallest absolute Gasteiger partial charge is 0.241 e. The van der Waals surface area contributed by atoms with Crippen LogP contribution in [-0.4, -0.2) is 33.9 Å². The van der Waals surface area contributed by atoms with Crippen LogP contribution in [0.2, 0.25) is 0 Å². The Kier molecular flexibility index (Phi) is 3.78. The third kappa shape index (κ3) is 2.44. The third-order valence-corrected chi connectivity index (χ3v) is 2.96. The van der Waals surface area contributed by atoms with E-state index in [1.165, 1.54) is 0 Å². The molecule has 1 atom stereocenters. The minimum absolute atomic E-state index is 0. The van der Waals surface area contributed by atoms with E-state index in [9.17, 15) is 4.79 Å². The van der Waals surface area contributed by atoms with Crippen LogP contribution in [0, 0.1) is 0 Å². The molecule has 1 aliphatic heterocycles. The van der Waals surface area contributed by atoms with E-state index in [0.29, 0.717) is 0 Å². The zero-order valence-corrected chi connectivity index (χ0v) is 10.5. The van der Waals surface area contributed by atoms with E-state index in [4.69, 9.17) is 0 Å². The van der Waals surface area contributed by atoms with Gasteiger partial charge in [-0.05, 0) is 37.6 Å². The van der Waals surface area contributed by atoms with Crippen LogP contribution in [0.25, 0.3) is 11.0 Å². The highest BCUT2D eigenvalue weighted by molar-refractivity contribution is 5.96. The number of hydrogen-bond donors (Lipinski definition) is 3. The van der Waals surface area contributed by atoms with Gasteiger partial charge in [0.1, 0.15) is 11.0 Å². The Hall–Kier alpha value is -1.66. The molecule has 2 aromatic rings. The molecule has 0 saturated carbocycles. The molecular weight excluding hydrogens is 254 g/mol. The maximum Gasteiger partial charge on any atom is 0.241 e. The Bertz CT molecular complexity index is 549. The summed E-state index contributed by atoms with van der Waals surface area (Å²) >= 11 is 0. The molecule has 1 saturated heterocycles. The maximum absolute atomic E-state index is 11.9. The van der Waals surface area contributed by atoms with E-state index in [0.717, 1.165) is 36.1 Å². The van der Waals surface area contributed by atoms with Crippen molar-refractivity contribution in [3.05, 3.63) is 18.2 Å². The summed E-state index contributed by atoms with van der Waals surface area (Å²) in [6, 6.07) is 5.41. The predicted molar refractivity (Wildman–Crippen MR) is 70.8 cm³/mol. The lowest BCUT2D eigenvalue weighted by molar-refractivity contribution is -0.117. The van der Waals surface area contributed by atoms with Gasteiger partial charge in [-0.2, -0.15) is 15.4 Å². The molecule has 2 heterocycles. The van der Waals surface area contributed by atoms with E-state index < -0.39 is 0 Å². The Morgan fingerprint density at radius 3 is 2.94 bits per heavy atom. The second-order valence-corrected chi connectivity index (χ2v) is 4.17. The zero-order chi connectivity index (χ0) is 11.7. The first-order valence-electron chi connectivity index (χ1n) is 5.68. The Balaban J connectivity index is 0.00000120. The minimum atomic E-state index is -0.0667. The number of nitrogens with zero attached hydrogens (tertiary/aromatic N) is 2. The fourth-order valence-corrected chi connectivity index (χ4v) is 2.06. The van der Waals surface area contributed by atoms with Gasteiger partial charge < -0.3 is 10.6 Å². The second-order valence-electron chi connectivity index (χ2n) is 4.17. The summed E-state index contributed by atoms with van der Waals surface area (Å²) < 4.78 is 0. The quantitative estimate of drug-likeness (QED) is 0.760. The summed E-state index contributed by atoms with van der Waals surface area (Å²) in [4.78, 5) is 11.9. The van der Waals surface area contributed by atoms with Crippen molar-refractivity contribution in [1.29, 1.82) is 0 Å². The predicted octanol–water partition coefficient (Wildman–Crippen LogP) is 1.07. The number of aromatic nitrogens is 3. The molecule has 0 bridgehead atoms. The monoisotopic (exact) mass is 267 g/mol. The van der Waals surface area contributed by atoms with Crippen LogP contribution in [0.4, 0.5) is 5.69 Å². The topological polar surface area (TPSA) is 82.7 Å². The van der Waals surface area contributed by atoms with E-state index in [1.807, 2.05) is 18.2 Å². The molecule has 1 unspecified atom stereocenters. The summed E-state index contributed by atoms with van der Waals surface area (Å²) in [5.41, 5.74) is 2.30. The van der Waals surface area contributed by atoms with Crippen LogP contribution in [0.15, 0.2) is 18.2 Å². The summed E-state index contributed by atoms with van der Waals surface area (Å²) in [6.07, 6.45) is 1.96. The number of H-pyrrole nitrogens is 1. The van der Waals surface area contributed by atoms with E-state index in [-0.39, 0.29) is 24.4 Å². The second kappa shape index (κ2) is 5.32. The van der Waals surface area contributed by atoms with Gasteiger partial charge in [0.2, 0.25) is 5.91 Å². The van der Waals surface area contributed by atoms with Gasteiger partial charge in [-0.1, -0.05) is 0 Å². The first-order valence-corrected chi connectivity index (χ1v) is 5.68. The Morgan fingerprint density at radius 2 is 2.17 bits per heavy atom. The number of carbonyl (C=O) groups is 1. The molecule has 0 aliphatic carbocycles. The first kappa shape index (κ1) is 12.8. The van der Waals surface area contributed by atoms with Gasteiger partial charge in [-0.3, -0.25) is 4.79 Å². The SMILES string of the molecule is Cl.O=C(Nc1ccc2n[nH]nc2c1)C1CCCN1. The van der Waals surface area contributed by atoms with E-state index >= 15 is 0 Å². The number of nitrogens with one attached hydrogen (secondary N) is 3. The first-order chi connectivity index (χ1) is 8.33. The molecule has 1 aromatic heterocycles. The molecule has 96 valence electrons. The molecule has 1 aromatic carbocycles. The molecule has 3 N–H and O–H groups in total. The lowest BCUT2D eigenvalue weighted by atomic mass is 10.2. The summed E-state index contributed by atoms with van der Waals surface area (Å²) in [5, 5.41) is 16.5. The molecule has 0 radical (unpaired) electrons. The molecule has 1 amide bonds. The van der Waals surface area contributed by atoms with Gasteiger partial charge in [-0.25, -0.2) is 0 Å². The fraction of sp³-hybridized carbons (Fsp3) is 0.364. The lowest BCUT2D eigenvalue weighted by Crippen LogP contribution is -2.35. The largest absolute Gasteiger partial charge is 0.325 e. The number of amides is 1. The molecular formula is C11H14ClN5O. The van der Waals surface area contributed by atoms with Crippen LogP contribution in [-0.2, 0) is 4.79 Å². The van der Waals surface area contributed by atoms with E-state index in [1.54, 1.807) is 0 Å². The van der Waals surface area contributed by atoms with Gasteiger partial charge >= 0.3 is 0 Å². The van der Waals surface area contributed by atoms with Gasteiger partial charge in [0.25, 0.3) is 0 Å². The molecule has 7 heteroatoms. The molecule has 0 spiro atoms. The van der Waals surface area contributed by atoms with Crippen molar-refractivity contribution in [1.82, 2.24) is 20.7 Å². The van der Waals surface area contributed by atoms with Gasteiger partial charge in [0, 0.05) is 5.69 Å². The highest BCUT2D eigenvalue weighted by atomic mass is 35.5. The minimum Gasteiger partial charge on any atom is -0.325 e. The molecule has 1 fully saturated rings. The van der Waals surface area contributed by atoms with Crippen molar-refractivity contribution < 1.29 is 4.79 Å². The zero-order valence-electron chi connectivity index (χ0n) is 9.64. The Morgan fingerprint density at radius 1 is 1.33 bits per heavy atom. The number of rotatable bonds is 2. The number of benzene rings is 1. The number of fused-ring (bicyclic) bond motifs is 1. The van der Waals surface area contributed by atoms with Crippen molar-refractivity contribution in [2.24, 2.45) is 0 Å². The highest BCUT2D eigenvalue weighted by Crippen LogP contribution is 2.16. The van der Waals surface area contributed by atoms with Gasteiger partial charge in [-0.15, -0.1) is 12.4 Å². The van der Waals surface area contributed by atoms with Crippen LogP contribution >= 0.6 is 12.4 Å². The maximum atomic E-state index is 11.9. The van der Waals surface area contributed by atoms with Gasteiger partial charge in [0.05, 0.1) is 6.04 Å². The van der Waals surface area contributed by atoms with Crippen molar-refractivity contribution in [3.8, 4) is 0 Å². The molecule has 18 heavy (non-hydrogen) atoms. The normalized spacial score (nSPS) is 18.6. The number of halogens is 1. The lowest BCUT2D eigenvalue weighted by Gasteiger charge is -2.10. The molecule has 3 rings (SSSR count). The Labute approximate surface area is 110 Å². The van der Waals surface area contributed by atoms with E-state index in [2.05, 4.69) is 26.0 Å². The van der Waals surface area contributed by atoms with Crippen LogP contribution in [0.5, 0.6) is 0 Å². The van der Waals surface area contributed by atoms with Crippen molar-refractivity contribution in [2.45, 2.75) is 18.9 Å². The fourth-order valence-electron chi connectivity index (χ4n) is 2.06. The average Bonchev–Trinajstić information content (AvgIpc) is 2.99. The van der Waals surface area contributed by atoms with Crippen LogP contribution in [0.3, 0.4) is 0 Å². The number of aromatic amines is 1. The van der Waals surface area contributed by atoms with Crippen LogP contribution in [0.1, 0.15) is 12.8 Å². The summed E-state index contributed by atoms with van der Waals surface area (Å²) in [6.45, 7) is 0.917.